The molecule has 112 valence electrons. The van der Waals surface area contributed by atoms with E-state index >= 15 is 0 Å². The Balaban J connectivity index is 2.36. The number of carboxylic acids is 1. The maximum absolute atomic E-state index is 12.2. The predicted octanol–water partition coefficient (Wildman–Crippen LogP) is 1.36. The van der Waals surface area contributed by atoms with Crippen molar-refractivity contribution in [2.24, 2.45) is 0 Å². The fraction of sp³-hybridized carbons (Fsp3) is 0.273. The van der Waals surface area contributed by atoms with Crippen LogP contribution in [-0.2, 0) is 10.0 Å². The van der Waals surface area contributed by atoms with Crippen LogP contribution in [0.3, 0.4) is 0 Å². The number of aromatic carboxylic acids is 1. The van der Waals surface area contributed by atoms with Crippen LogP contribution < -0.4 is 4.72 Å². The maximum atomic E-state index is 12.2. The van der Waals surface area contributed by atoms with Gasteiger partial charge in [-0.05, 0) is 32.4 Å². The molecule has 2 rings (SSSR count). The molecule has 0 saturated heterocycles. The molecule has 0 spiro atoms. The number of nitrogens with zero attached hydrogens (tertiary/aromatic N) is 3. The average Bonchev–Trinajstić information content (AvgIpc) is 2.77. The number of hydrogen-bond acceptors (Lipinski definition) is 7. The van der Waals surface area contributed by atoms with E-state index in [4.69, 9.17) is 5.11 Å². The highest BCUT2D eigenvalue weighted by Crippen LogP contribution is 2.27. The van der Waals surface area contributed by atoms with Crippen LogP contribution in [0.25, 0.3) is 0 Å². The monoisotopic (exact) mass is 328 g/mol. The first-order valence-electron chi connectivity index (χ1n) is 5.75. The van der Waals surface area contributed by atoms with Gasteiger partial charge < -0.3 is 5.11 Å². The van der Waals surface area contributed by atoms with Gasteiger partial charge in [0.25, 0.3) is 16.0 Å². The number of sulfonamides is 1. The lowest BCUT2D eigenvalue weighted by atomic mass is 10.3. The van der Waals surface area contributed by atoms with Gasteiger partial charge in [-0.2, -0.15) is 5.10 Å². The highest BCUT2D eigenvalue weighted by atomic mass is 32.2. The minimum absolute atomic E-state index is 0.0190. The van der Waals surface area contributed by atoms with Crippen LogP contribution in [0.15, 0.2) is 10.3 Å². The third kappa shape index (κ3) is 3.16. The van der Waals surface area contributed by atoms with Gasteiger partial charge in [-0.25, -0.2) is 22.9 Å². The topological polar surface area (TPSA) is 122 Å². The first kappa shape index (κ1) is 15.3. The Morgan fingerprint density at radius 2 is 1.90 bits per heavy atom. The van der Waals surface area contributed by atoms with Gasteiger partial charge >= 0.3 is 5.97 Å². The maximum Gasteiger partial charge on any atom is 0.346 e. The Hall–Kier alpha value is -2.07. The van der Waals surface area contributed by atoms with Gasteiger partial charge in [0.1, 0.15) is 9.09 Å². The minimum atomic E-state index is -3.94. The number of carboxylic acid groups (broad SMARTS) is 1. The lowest BCUT2D eigenvalue weighted by molar-refractivity contribution is 0.0701. The molecule has 8 nitrogen and oxygen atoms in total. The summed E-state index contributed by atoms with van der Waals surface area (Å²) < 4.78 is 26.4. The first-order chi connectivity index (χ1) is 9.70. The molecule has 0 aliphatic heterocycles. The van der Waals surface area contributed by atoms with Gasteiger partial charge in [-0.3, -0.25) is 0 Å². The third-order valence-corrected chi connectivity index (χ3v) is 5.70. The first-order valence-corrected chi connectivity index (χ1v) is 8.05. The summed E-state index contributed by atoms with van der Waals surface area (Å²) in [5.74, 6) is -1.32. The lowest BCUT2D eigenvalue weighted by Crippen LogP contribution is -2.15. The number of hydrogen-bond donors (Lipinski definition) is 2. The van der Waals surface area contributed by atoms with Crippen LogP contribution in [-0.4, -0.2) is 34.7 Å². The average molecular weight is 328 g/mol. The fourth-order valence-electron chi connectivity index (χ4n) is 1.47. The second-order valence-corrected chi connectivity index (χ2v) is 7.26. The van der Waals surface area contributed by atoms with Crippen LogP contribution >= 0.6 is 11.3 Å². The van der Waals surface area contributed by atoms with E-state index in [1.807, 2.05) is 0 Å². The zero-order chi connectivity index (χ0) is 15.8. The molecule has 0 unspecified atom stereocenters. The summed E-state index contributed by atoms with van der Waals surface area (Å²) in [5.41, 5.74) is 1.53. The second-order valence-electron chi connectivity index (χ2n) is 4.29. The summed E-state index contributed by atoms with van der Waals surface area (Å²) in [4.78, 5) is 14.9. The number of thiophene rings is 1. The number of rotatable bonds is 4. The zero-order valence-corrected chi connectivity index (χ0v) is 13.0. The summed E-state index contributed by atoms with van der Waals surface area (Å²) >= 11 is 0.675. The van der Waals surface area contributed by atoms with E-state index < -0.39 is 16.0 Å². The smallest absolute Gasteiger partial charge is 0.346 e. The van der Waals surface area contributed by atoms with E-state index in [2.05, 4.69) is 19.9 Å². The van der Waals surface area contributed by atoms with Crippen LogP contribution in [0.2, 0.25) is 0 Å². The molecule has 10 heteroatoms. The Bertz CT molecular complexity index is 814. The molecular formula is C11H12N4O4S2. The number of anilines is 1. The van der Waals surface area contributed by atoms with Crippen molar-refractivity contribution in [2.75, 3.05) is 4.72 Å². The Morgan fingerprint density at radius 3 is 2.43 bits per heavy atom. The van der Waals surface area contributed by atoms with Gasteiger partial charge in [0.2, 0.25) is 0 Å². The van der Waals surface area contributed by atoms with Crippen LogP contribution in [0, 0.1) is 20.8 Å². The van der Waals surface area contributed by atoms with Crippen molar-refractivity contribution in [1.82, 2.24) is 15.2 Å². The number of aromatic nitrogens is 3. The highest BCUT2D eigenvalue weighted by molar-refractivity contribution is 7.94. The van der Waals surface area contributed by atoms with Gasteiger partial charge in [0, 0.05) is 0 Å². The largest absolute Gasteiger partial charge is 0.477 e. The van der Waals surface area contributed by atoms with Crippen molar-refractivity contribution < 1.29 is 18.3 Å². The minimum Gasteiger partial charge on any atom is -0.477 e. The number of aryl methyl sites for hydroxylation is 3. The van der Waals surface area contributed by atoms with Crippen molar-refractivity contribution in [2.45, 2.75) is 25.0 Å². The molecule has 0 amide bonds. The quantitative estimate of drug-likeness (QED) is 0.868. The standard InChI is InChI=1S/C11H12N4O4S2/c1-5-4-8(20-9(5)10(16)17)21(18,19)15-11-12-6(2)7(3)13-14-11/h4H,1-3H3,(H,16,17)(H,12,14,15). The van der Waals surface area contributed by atoms with Gasteiger partial charge in [-0.1, -0.05) is 0 Å². The van der Waals surface area contributed by atoms with E-state index in [0.717, 1.165) is 0 Å². The Labute approximate surface area is 124 Å². The van der Waals surface area contributed by atoms with Gasteiger partial charge in [0.05, 0.1) is 11.4 Å². The molecule has 2 N–H and O–H groups in total. The van der Waals surface area contributed by atoms with Crippen LogP contribution in [0.5, 0.6) is 0 Å². The second kappa shape index (κ2) is 5.37. The summed E-state index contributed by atoms with van der Waals surface area (Å²) in [6, 6.07) is 1.30. The van der Waals surface area contributed by atoms with E-state index in [1.165, 1.54) is 13.0 Å². The van der Waals surface area contributed by atoms with Crippen molar-refractivity contribution in [3.05, 3.63) is 27.9 Å². The molecule has 0 radical (unpaired) electrons. The predicted molar refractivity (Wildman–Crippen MR) is 76.1 cm³/mol. The van der Waals surface area contributed by atoms with E-state index in [9.17, 15) is 13.2 Å². The van der Waals surface area contributed by atoms with E-state index in [-0.39, 0.29) is 15.0 Å². The van der Waals surface area contributed by atoms with Gasteiger partial charge in [0.15, 0.2) is 0 Å². The molecule has 0 aliphatic rings. The van der Waals surface area contributed by atoms with E-state index in [1.54, 1.807) is 13.8 Å². The fourth-order valence-corrected chi connectivity index (χ4v) is 3.79. The molecule has 21 heavy (non-hydrogen) atoms. The summed E-state index contributed by atoms with van der Waals surface area (Å²) in [7, 11) is -3.94. The molecule has 2 aromatic heterocycles. The van der Waals surface area contributed by atoms with E-state index in [0.29, 0.717) is 28.3 Å². The Morgan fingerprint density at radius 1 is 1.24 bits per heavy atom. The molecule has 0 atom stereocenters. The number of carbonyl (C=O) groups is 1. The van der Waals surface area contributed by atoms with Crippen LogP contribution in [0.4, 0.5) is 5.95 Å². The summed E-state index contributed by atoms with van der Waals surface area (Å²) in [5, 5.41) is 16.4. The normalized spacial score (nSPS) is 11.4. The molecule has 0 aliphatic carbocycles. The third-order valence-electron chi connectivity index (χ3n) is 2.67. The molecular weight excluding hydrogens is 316 g/mol. The molecule has 0 saturated carbocycles. The molecule has 0 aromatic carbocycles. The molecule has 2 aromatic rings. The van der Waals surface area contributed by atoms with Crippen molar-refractivity contribution in [1.29, 1.82) is 0 Å². The molecule has 0 fully saturated rings. The van der Waals surface area contributed by atoms with Crippen molar-refractivity contribution in [3.63, 3.8) is 0 Å². The Kier molecular flexibility index (Phi) is 3.92. The zero-order valence-electron chi connectivity index (χ0n) is 11.4. The van der Waals surface area contributed by atoms with Crippen molar-refractivity contribution in [3.8, 4) is 0 Å². The summed E-state index contributed by atoms with van der Waals surface area (Å²) in [6.45, 7) is 4.92. The number of nitrogens with one attached hydrogen (secondary N) is 1. The SMILES string of the molecule is Cc1cc(S(=O)(=O)Nc2nnc(C)c(C)n2)sc1C(=O)O. The highest BCUT2D eigenvalue weighted by Gasteiger charge is 2.23. The molecule has 0 bridgehead atoms. The lowest BCUT2D eigenvalue weighted by Gasteiger charge is -2.05. The van der Waals surface area contributed by atoms with Crippen LogP contribution in [0.1, 0.15) is 26.6 Å². The van der Waals surface area contributed by atoms with Gasteiger partial charge in [-0.15, -0.1) is 16.4 Å². The van der Waals surface area contributed by atoms with Crippen molar-refractivity contribution >= 4 is 33.3 Å². The molecule has 2 heterocycles. The summed E-state index contributed by atoms with van der Waals surface area (Å²) in [6.07, 6.45) is 0.